The lowest BCUT2D eigenvalue weighted by Gasteiger charge is -1.99. The molecule has 0 saturated carbocycles. The van der Waals surface area contributed by atoms with Gasteiger partial charge in [-0.1, -0.05) is 0 Å². The number of hydrogen-bond donors (Lipinski definition) is 2. The molecule has 0 unspecified atom stereocenters. The fraction of sp³-hybridized carbons (Fsp3) is 0.250. The van der Waals surface area contributed by atoms with Crippen molar-refractivity contribution < 1.29 is 24.2 Å². The van der Waals surface area contributed by atoms with Gasteiger partial charge < -0.3 is 15.2 Å². The molecular weight excluding hydrogens is 270 g/mol. The Morgan fingerprint density at radius 2 is 2.11 bits per heavy atom. The summed E-state index contributed by atoms with van der Waals surface area (Å²) in [6.07, 6.45) is 1.64. The summed E-state index contributed by atoms with van der Waals surface area (Å²) in [6, 6.07) is 1.63. The summed E-state index contributed by atoms with van der Waals surface area (Å²) >= 11 is 1.08. The standard InChI is InChI=1S/C12H13NO5S/c1-3-18-12(17)11-7(2)6-9(19-11)13-8(14)4-5-10(15)16/h4-6H,3H2,1-2H3,(H,13,14)(H,15,16)/b5-4-. The van der Waals surface area contributed by atoms with E-state index in [1.165, 1.54) is 0 Å². The molecule has 1 aromatic heterocycles. The van der Waals surface area contributed by atoms with Crippen LogP contribution in [-0.2, 0) is 14.3 Å². The van der Waals surface area contributed by atoms with Crippen molar-refractivity contribution in [2.24, 2.45) is 0 Å². The Kier molecular flexibility index (Phi) is 5.25. The predicted molar refractivity (Wildman–Crippen MR) is 70.4 cm³/mol. The van der Waals surface area contributed by atoms with Crippen LogP contribution in [0.25, 0.3) is 0 Å². The first kappa shape index (κ1) is 14.9. The van der Waals surface area contributed by atoms with Crippen molar-refractivity contribution in [1.29, 1.82) is 0 Å². The van der Waals surface area contributed by atoms with Crippen LogP contribution < -0.4 is 5.32 Å². The van der Waals surface area contributed by atoms with Gasteiger partial charge in [0.1, 0.15) is 4.88 Å². The van der Waals surface area contributed by atoms with Crippen LogP contribution in [0.3, 0.4) is 0 Å². The van der Waals surface area contributed by atoms with Crippen molar-refractivity contribution in [3.63, 3.8) is 0 Å². The van der Waals surface area contributed by atoms with Gasteiger partial charge in [0.15, 0.2) is 0 Å². The second-order valence-electron chi connectivity index (χ2n) is 3.50. The molecule has 0 aliphatic rings. The number of aliphatic carboxylic acids is 1. The lowest BCUT2D eigenvalue weighted by molar-refractivity contribution is -0.131. The lowest BCUT2D eigenvalue weighted by atomic mass is 10.3. The van der Waals surface area contributed by atoms with E-state index in [2.05, 4.69) is 5.32 Å². The van der Waals surface area contributed by atoms with Gasteiger partial charge in [-0.3, -0.25) is 4.79 Å². The summed E-state index contributed by atoms with van der Waals surface area (Å²) in [7, 11) is 0. The number of nitrogens with one attached hydrogen (secondary N) is 1. The summed E-state index contributed by atoms with van der Waals surface area (Å²) in [5.74, 6) is -2.21. The largest absolute Gasteiger partial charge is 0.478 e. The van der Waals surface area contributed by atoms with Crippen molar-refractivity contribution in [1.82, 2.24) is 0 Å². The molecule has 0 fully saturated rings. The van der Waals surface area contributed by atoms with Gasteiger partial charge in [-0.25, -0.2) is 9.59 Å². The van der Waals surface area contributed by atoms with Crippen molar-refractivity contribution in [2.75, 3.05) is 11.9 Å². The van der Waals surface area contributed by atoms with Crippen LogP contribution in [0.5, 0.6) is 0 Å². The summed E-state index contributed by atoms with van der Waals surface area (Å²) < 4.78 is 4.87. The van der Waals surface area contributed by atoms with E-state index in [0.29, 0.717) is 15.4 Å². The van der Waals surface area contributed by atoms with Gasteiger partial charge in [0, 0.05) is 12.2 Å². The van der Waals surface area contributed by atoms with E-state index < -0.39 is 17.8 Å². The highest BCUT2D eigenvalue weighted by Crippen LogP contribution is 2.27. The first-order valence-corrected chi connectivity index (χ1v) is 6.25. The third-order valence-electron chi connectivity index (χ3n) is 2.00. The molecule has 0 radical (unpaired) electrons. The number of carboxylic acid groups (broad SMARTS) is 1. The molecule has 0 saturated heterocycles. The zero-order valence-corrected chi connectivity index (χ0v) is 11.2. The second kappa shape index (κ2) is 6.69. The molecule has 2 N–H and O–H groups in total. The summed E-state index contributed by atoms with van der Waals surface area (Å²) in [4.78, 5) is 33.6. The molecule has 0 aromatic carbocycles. The topological polar surface area (TPSA) is 92.7 Å². The van der Waals surface area contributed by atoms with Gasteiger partial charge in [-0.05, 0) is 25.5 Å². The molecule has 19 heavy (non-hydrogen) atoms. The normalized spacial score (nSPS) is 10.4. The molecule has 6 nitrogen and oxygen atoms in total. The molecule has 1 heterocycles. The fourth-order valence-corrected chi connectivity index (χ4v) is 2.22. The van der Waals surface area contributed by atoms with E-state index in [-0.39, 0.29) is 6.61 Å². The molecule has 0 atom stereocenters. The van der Waals surface area contributed by atoms with Gasteiger partial charge in [-0.15, -0.1) is 11.3 Å². The van der Waals surface area contributed by atoms with Crippen molar-refractivity contribution in [3.8, 4) is 0 Å². The maximum Gasteiger partial charge on any atom is 0.348 e. The number of esters is 1. The molecule has 0 aliphatic heterocycles. The van der Waals surface area contributed by atoms with Crippen LogP contribution in [-0.4, -0.2) is 29.6 Å². The van der Waals surface area contributed by atoms with Crippen LogP contribution >= 0.6 is 11.3 Å². The fourth-order valence-electron chi connectivity index (χ4n) is 1.25. The maximum absolute atomic E-state index is 11.6. The van der Waals surface area contributed by atoms with Crippen molar-refractivity contribution in [3.05, 3.63) is 28.7 Å². The van der Waals surface area contributed by atoms with E-state index in [9.17, 15) is 14.4 Å². The van der Waals surface area contributed by atoms with Crippen LogP contribution in [0, 0.1) is 6.92 Å². The Labute approximate surface area is 113 Å². The molecule has 0 spiro atoms. The molecule has 0 aliphatic carbocycles. The zero-order chi connectivity index (χ0) is 14.4. The number of anilines is 1. The maximum atomic E-state index is 11.6. The minimum Gasteiger partial charge on any atom is -0.478 e. The molecule has 1 aromatic rings. The predicted octanol–water partition coefficient (Wildman–Crippen LogP) is 1.81. The van der Waals surface area contributed by atoms with Gasteiger partial charge in [-0.2, -0.15) is 0 Å². The van der Waals surface area contributed by atoms with E-state index in [0.717, 1.165) is 23.5 Å². The van der Waals surface area contributed by atoms with Crippen LogP contribution in [0.4, 0.5) is 5.00 Å². The Morgan fingerprint density at radius 3 is 2.68 bits per heavy atom. The zero-order valence-electron chi connectivity index (χ0n) is 10.4. The Hall–Kier alpha value is -2.15. The summed E-state index contributed by atoms with van der Waals surface area (Å²) in [5.41, 5.74) is 0.695. The second-order valence-corrected chi connectivity index (χ2v) is 4.56. The number of carbonyl (C=O) groups excluding carboxylic acids is 2. The van der Waals surface area contributed by atoms with Gasteiger partial charge in [0.25, 0.3) is 0 Å². The molecule has 1 amide bonds. The Morgan fingerprint density at radius 1 is 1.42 bits per heavy atom. The van der Waals surface area contributed by atoms with Gasteiger partial charge in [0.05, 0.1) is 11.6 Å². The number of carboxylic acids is 1. The van der Waals surface area contributed by atoms with Crippen LogP contribution in [0.2, 0.25) is 0 Å². The van der Waals surface area contributed by atoms with E-state index >= 15 is 0 Å². The first-order valence-electron chi connectivity index (χ1n) is 5.43. The molecule has 0 bridgehead atoms. The first-order chi connectivity index (χ1) is 8.93. The monoisotopic (exact) mass is 283 g/mol. The minimum atomic E-state index is -1.20. The van der Waals surface area contributed by atoms with Crippen LogP contribution in [0.15, 0.2) is 18.2 Å². The SMILES string of the molecule is CCOC(=O)c1sc(NC(=O)/C=C\C(=O)O)cc1C. The average molecular weight is 283 g/mol. The molecule has 1 rings (SSSR count). The third-order valence-corrected chi connectivity index (χ3v) is 3.13. The number of carbonyl (C=O) groups is 3. The molecule has 102 valence electrons. The number of amides is 1. The highest BCUT2D eigenvalue weighted by molar-refractivity contribution is 7.18. The number of aryl methyl sites for hydroxylation is 1. The van der Waals surface area contributed by atoms with Gasteiger partial charge in [0.2, 0.25) is 5.91 Å². The van der Waals surface area contributed by atoms with E-state index in [1.54, 1.807) is 19.9 Å². The number of rotatable bonds is 5. The quantitative estimate of drug-likeness (QED) is 0.635. The number of hydrogen-bond acceptors (Lipinski definition) is 5. The van der Waals surface area contributed by atoms with Crippen molar-refractivity contribution >= 4 is 34.2 Å². The van der Waals surface area contributed by atoms with E-state index in [4.69, 9.17) is 9.84 Å². The summed E-state index contributed by atoms with van der Waals surface area (Å²) in [5, 5.41) is 11.3. The highest BCUT2D eigenvalue weighted by atomic mass is 32.1. The highest BCUT2D eigenvalue weighted by Gasteiger charge is 2.15. The summed E-state index contributed by atoms with van der Waals surface area (Å²) in [6.45, 7) is 3.71. The molecule has 7 heteroatoms. The number of ether oxygens (including phenoxy) is 1. The number of thiophene rings is 1. The Bertz CT molecular complexity index is 532. The smallest absolute Gasteiger partial charge is 0.348 e. The van der Waals surface area contributed by atoms with Gasteiger partial charge >= 0.3 is 11.9 Å². The van der Waals surface area contributed by atoms with E-state index in [1.807, 2.05) is 0 Å². The minimum absolute atomic E-state index is 0.277. The lowest BCUT2D eigenvalue weighted by Crippen LogP contribution is -2.07. The van der Waals surface area contributed by atoms with Crippen molar-refractivity contribution in [2.45, 2.75) is 13.8 Å². The molecular formula is C12H13NO5S. The third kappa shape index (κ3) is 4.55. The Balaban J connectivity index is 2.76. The van der Waals surface area contributed by atoms with Crippen LogP contribution in [0.1, 0.15) is 22.2 Å². The average Bonchev–Trinajstić information content (AvgIpc) is 2.68.